The van der Waals surface area contributed by atoms with Crippen LogP contribution in [0.3, 0.4) is 0 Å². The molecule has 0 saturated carbocycles. The number of hydrogen-bond donors (Lipinski definition) is 1. The molecule has 0 aromatic carbocycles. The maximum Gasteiger partial charge on any atom is 0.433 e. The largest absolute Gasteiger partial charge is 0.433 e. The summed E-state index contributed by atoms with van der Waals surface area (Å²) in [5.74, 6) is 0.134. The predicted octanol–water partition coefficient (Wildman–Crippen LogP) is 2.98. The average Bonchev–Trinajstić information content (AvgIpc) is 2.86. The van der Waals surface area contributed by atoms with Crippen molar-refractivity contribution in [3.63, 3.8) is 0 Å². The van der Waals surface area contributed by atoms with Crippen LogP contribution in [0.1, 0.15) is 5.76 Å². The molecule has 0 aliphatic carbocycles. The molecule has 0 amide bonds. The summed E-state index contributed by atoms with van der Waals surface area (Å²) in [4.78, 5) is 9.80. The number of hydrogen-bond acceptors (Lipinski definition) is 6. The molecule has 1 rings (SSSR count). The minimum absolute atomic E-state index is 0.278. The monoisotopic (exact) mass is 297 g/mol. The molecular weight excluding hydrogens is 286 g/mol. The van der Waals surface area contributed by atoms with Crippen molar-refractivity contribution in [3.05, 3.63) is 46.2 Å². The van der Waals surface area contributed by atoms with Gasteiger partial charge in [0.15, 0.2) is 4.32 Å². The molecule has 0 atom stereocenters. The minimum Gasteiger partial charge on any atom is -0.401 e. The second-order valence-electron chi connectivity index (χ2n) is 3.06. The smallest absolute Gasteiger partial charge is 0.401 e. The van der Waals surface area contributed by atoms with Gasteiger partial charge in [0.2, 0.25) is 0 Å². The number of thioether (sulfide) groups is 1. The first-order chi connectivity index (χ1) is 9.13. The fraction of sp³-hybridized carbons (Fsp3) is 0.0909. The molecule has 0 aliphatic rings. The fourth-order valence-electron chi connectivity index (χ4n) is 0.973. The van der Waals surface area contributed by atoms with Crippen molar-refractivity contribution in [3.8, 4) is 0 Å². The van der Waals surface area contributed by atoms with Crippen LogP contribution in [0.5, 0.6) is 0 Å². The highest BCUT2D eigenvalue weighted by atomic mass is 32.2. The van der Waals surface area contributed by atoms with E-state index < -0.39 is 4.92 Å². The van der Waals surface area contributed by atoms with Crippen LogP contribution in [-0.2, 0) is 0 Å². The molecular formula is C11H11N3O3S2. The van der Waals surface area contributed by atoms with Gasteiger partial charge in [-0.2, -0.15) is 5.10 Å². The first kappa shape index (κ1) is 15.1. The summed E-state index contributed by atoms with van der Waals surface area (Å²) in [5, 5.41) is 14.2. The molecule has 6 nitrogen and oxygen atoms in total. The highest BCUT2D eigenvalue weighted by Crippen LogP contribution is 2.16. The van der Waals surface area contributed by atoms with Crippen LogP contribution in [0.4, 0.5) is 5.88 Å². The molecule has 8 heteroatoms. The zero-order chi connectivity index (χ0) is 14.1. The lowest BCUT2D eigenvalue weighted by Gasteiger charge is -1.93. The van der Waals surface area contributed by atoms with Gasteiger partial charge in [-0.1, -0.05) is 36.1 Å². The Hall–Kier alpha value is -1.93. The number of hydrazone groups is 1. The van der Waals surface area contributed by atoms with Gasteiger partial charge >= 0.3 is 5.88 Å². The van der Waals surface area contributed by atoms with E-state index in [-0.39, 0.29) is 5.88 Å². The molecule has 0 fully saturated rings. The lowest BCUT2D eigenvalue weighted by Crippen LogP contribution is -2.09. The van der Waals surface area contributed by atoms with Crippen LogP contribution < -0.4 is 5.43 Å². The van der Waals surface area contributed by atoms with Gasteiger partial charge in [0.05, 0.1) is 6.07 Å². The van der Waals surface area contributed by atoms with E-state index in [4.69, 9.17) is 16.6 Å². The van der Waals surface area contributed by atoms with E-state index in [0.717, 1.165) is 0 Å². The van der Waals surface area contributed by atoms with Crippen LogP contribution in [0.25, 0.3) is 6.08 Å². The second-order valence-corrected chi connectivity index (χ2v) is 4.54. The van der Waals surface area contributed by atoms with Crippen molar-refractivity contribution in [2.24, 2.45) is 5.10 Å². The van der Waals surface area contributed by atoms with Crippen LogP contribution in [-0.4, -0.2) is 21.7 Å². The van der Waals surface area contributed by atoms with E-state index in [2.05, 4.69) is 10.5 Å². The molecule has 1 aromatic heterocycles. The lowest BCUT2D eigenvalue weighted by atomic mass is 10.4. The van der Waals surface area contributed by atoms with Gasteiger partial charge in [-0.25, -0.2) is 0 Å². The molecule has 1 aromatic rings. The first-order valence-electron chi connectivity index (χ1n) is 5.08. The summed E-state index contributed by atoms with van der Waals surface area (Å²) in [5.41, 5.74) is 2.65. The quantitative estimate of drug-likeness (QED) is 0.296. The highest BCUT2D eigenvalue weighted by molar-refractivity contribution is 8.22. The predicted molar refractivity (Wildman–Crippen MR) is 81.3 cm³/mol. The molecule has 100 valence electrons. The number of rotatable bonds is 5. The van der Waals surface area contributed by atoms with Gasteiger partial charge in [0.1, 0.15) is 10.7 Å². The second kappa shape index (κ2) is 8.22. The topological polar surface area (TPSA) is 80.7 Å². The maximum absolute atomic E-state index is 10.4. The van der Waals surface area contributed by atoms with E-state index in [1.54, 1.807) is 24.3 Å². The van der Waals surface area contributed by atoms with E-state index in [9.17, 15) is 10.1 Å². The third-order valence-corrected chi connectivity index (χ3v) is 2.83. The number of nitrogens with one attached hydrogen (secondary N) is 1. The van der Waals surface area contributed by atoms with Gasteiger partial charge in [-0.15, -0.1) is 0 Å². The standard InChI is InChI=1S/C11H11N3O3S2/c1-19-11(18)13-12-8-4-2-3-5-9-6-7-10(17-9)14(15)16/h2-8H,1H3,(H,13,18)/b4-2+,5-3+,12-8-. The lowest BCUT2D eigenvalue weighted by molar-refractivity contribution is -0.402. The van der Waals surface area contributed by atoms with Gasteiger partial charge in [0.25, 0.3) is 0 Å². The molecule has 0 radical (unpaired) electrons. The average molecular weight is 297 g/mol. The van der Waals surface area contributed by atoms with Crippen molar-refractivity contribution in [2.45, 2.75) is 0 Å². The Balaban J connectivity index is 2.40. The van der Waals surface area contributed by atoms with Crippen LogP contribution in [0.15, 0.2) is 39.9 Å². The maximum atomic E-state index is 10.4. The molecule has 0 spiro atoms. The zero-order valence-corrected chi connectivity index (χ0v) is 11.6. The van der Waals surface area contributed by atoms with E-state index in [0.29, 0.717) is 10.1 Å². The summed E-state index contributed by atoms with van der Waals surface area (Å²) in [6.07, 6.45) is 10.1. The van der Waals surface area contributed by atoms with Crippen LogP contribution in [0, 0.1) is 10.1 Å². The number of nitrogens with zero attached hydrogens (tertiary/aromatic N) is 2. The van der Waals surface area contributed by atoms with Gasteiger partial charge in [0, 0.05) is 6.21 Å². The molecule has 19 heavy (non-hydrogen) atoms. The molecule has 0 aliphatic heterocycles. The summed E-state index contributed by atoms with van der Waals surface area (Å²) in [6, 6.07) is 2.83. The summed E-state index contributed by atoms with van der Waals surface area (Å²) >= 11 is 6.27. The Labute approximate surface area is 119 Å². The van der Waals surface area contributed by atoms with Gasteiger partial charge < -0.3 is 4.42 Å². The SMILES string of the molecule is CSC(=S)N\N=C/C=C/C=C/c1ccc([N+](=O)[O-])o1. The zero-order valence-electron chi connectivity index (χ0n) is 9.98. The Morgan fingerprint density at radius 3 is 2.95 bits per heavy atom. The Kier molecular flexibility index (Phi) is 6.55. The number of furan rings is 1. The Morgan fingerprint density at radius 2 is 2.32 bits per heavy atom. The summed E-state index contributed by atoms with van der Waals surface area (Å²) in [6.45, 7) is 0. The molecule has 0 bridgehead atoms. The van der Waals surface area contributed by atoms with Crippen molar-refractivity contribution in [2.75, 3.05) is 6.26 Å². The normalized spacial score (nSPS) is 11.6. The van der Waals surface area contributed by atoms with Crippen LogP contribution >= 0.6 is 24.0 Å². The van der Waals surface area contributed by atoms with Crippen molar-refractivity contribution < 1.29 is 9.34 Å². The fourth-order valence-corrected chi connectivity index (χ4v) is 1.17. The van der Waals surface area contributed by atoms with E-state index in [1.807, 2.05) is 6.26 Å². The third kappa shape index (κ3) is 5.98. The minimum atomic E-state index is -0.583. The number of allylic oxidation sites excluding steroid dienone is 3. The number of thiocarbonyl (C=S) groups is 1. The molecule has 1 heterocycles. The van der Waals surface area contributed by atoms with Crippen LogP contribution in [0.2, 0.25) is 0 Å². The summed E-state index contributed by atoms with van der Waals surface area (Å²) in [7, 11) is 0. The first-order valence-corrected chi connectivity index (χ1v) is 6.71. The van der Waals surface area contributed by atoms with Crippen molar-refractivity contribution >= 4 is 46.5 Å². The van der Waals surface area contributed by atoms with Crippen molar-refractivity contribution in [1.29, 1.82) is 0 Å². The van der Waals surface area contributed by atoms with E-state index in [1.165, 1.54) is 30.1 Å². The van der Waals surface area contributed by atoms with Gasteiger partial charge in [-0.05, 0) is 24.5 Å². The molecule has 1 N–H and O–H groups in total. The Morgan fingerprint density at radius 1 is 1.53 bits per heavy atom. The highest BCUT2D eigenvalue weighted by Gasteiger charge is 2.09. The third-order valence-electron chi connectivity index (χ3n) is 1.78. The van der Waals surface area contributed by atoms with Gasteiger partial charge in [-0.3, -0.25) is 15.5 Å². The van der Waals surface area contributed by atoms with Crippen molar-refractivity contribution in [1.82, 2.24) is 5.43 Å². The van der Waals surface area contributed by atoms with E-state index >= 15 is 0 Å². The Bertz CT molecular complexity index is 535. The summed E-state index contributed by atoms with van der Waals surface area (Å²) < 4.78 is 5.52. The number of nitro groups is 1. The molecule has 0 unspecified atom stereocenters. The molecule has 0 saturated heterocycles.